The Balaban J connectivity index is 1.64. The summed E-state index contributed by atoms with van der Waals surface area (Å²) >= 11 is 0. The molecule has 0 saturated carbocycles. The van der Waals surface area contributed by atoms with Crippen LogP contribution in [0.4, 0.5) is 0 Å². The van der Waals surface area contributed by atoms with Gasteiger partial charge in [-0.3, -0.25) is 4.90 Å². The van der Waals surface area contributed by atoms with Gasteiger partial charge in [-0.25, -0.2) is 0 Å². The van der Waals surface area contributed by atoms with Crippen molar-refractivity contribution in [1.29, 1.82) is 0 Å². The number of hydrogen-bond acceptors (Lipinski definition) is 4. The summed E-state index contributed by atoms with van der Waals surface area (Å²) in [5, 5.41) is 3.58. The maximum absolute atomic E-state index is 5.69. The highest BCUT2D eigenvalue weighted by Gasteiger charge is 2.26. The van der Waals surface area contributed by atoms with Crippen LogP contribution in [-0.4, -0.2) is 24.5 Å². The van der Waals surface area contributed by atoms with Crippen LogP contribution in [0.1, 0.15) is 49.1 Å². The molecule has 1 aliphatic rings. The zero-order valence-corrected chi connectivity index (χ0v) is 12.8. The monoisotopic (exact) mass is 288 g/mol. The van der Waals surface area contributed by atoms with E-state index in [0.29, 0.717) is 6.04 Å². The Kier molecular flexibility index (Phi) is 4.46. The molecule has 1 fully saturated rings. The van der Waals surface area contributed by atoms with Gasteiger partial charge >= 0.3 is 0 Å². The summed E-state index contributed by atoms with van der Waals surface area (Å²) in [4.78, 5) is 2.51. The minimum Gasteiger partial charge on any atom is -0.468 e. The lowest BCUT2D eigenvalue weighted by Crippen LogP contribution is -2.34. The molecule has 4 heteroatoms. The van der Waals surface area contributed by atoms with Gasteiger partial charge in [0, 0.05) is 6.54 Å². The molecule has 4 nitrogen and oxygen atoms in total. The van der Waals surface area contributed by atoms with Crippen molar-refractivity contribution in [3.05, 3.63) is 47.8 Å². The van der Waals surface area contributed by atoms with E-state index in [-0.39, 0.29) is 6.04 Å². The molecule has 2 unspecified atom stereocenters. The van der Waals surface area contributed by atoms with Gasteiger partial charge < -0.3 is 14.2 Å². The molecule has 3 rings (SSSR count). The number of rotatable bonds is 6. The van der Waals surface area contributed by atoms with Crippen LogP contribution in [0.3, 0.4) is 0 Å². The molecule has 2 aromatic heterocycles. The number of nitrogens with zero attached hydrogens (tertiary/aromatic N) is 1. The fourth-order valence-electron chi connectivity index (χ4n) is 3.02. The fraction of sp³-hybridized carbons (Fsp3) is 0.529. The lowest BCUT2D eigenvalue weighted by atomic mass is 10.1. The van der Waals surface area contributed by atoms with Crippen LogP contribution in [-0.2, 0) is 0 Å². The Hall–Kier alpha value is -1.52. The average molecular weight is 288 g/mol. The van der Waals surface area contributed by atoms with Crippen molar-refractivity contribution in [2.45, 2.75) is 38.8 Å². The van der Waals surface area contributed by atoms with Crippen molar-refractivity contribution >= 4 is 0 Å². The van der Waals surface area contributed by atoms with Crippen molar-refractivity contribution < 1.29 is 8.83 Å². The van der Waals surface area contributed by atoms with Crippen LogP contribution in [0, 0.1) is 6.92 Å². The van der Waals surface area contributed by atoms with Crippen molar-refractivity contribution in [1.82, 2.24) is 10.2 Å². The Labute approximate surface area is 126 Å². The molecule has 1 aliphatic heterocycles. The quantitative estimate of drug-likeness (QED) is 0.880. The topological polar surface area (TPSA) is 41.6 Å². The first-order valence-electron chi connectivity index (χ1n) is 7.81. The highest BCUT2D eigenvalue weighted by molar-refractivity contribution is 5.10. The number of nitrogens with one attached hydrogen (secondary N) is 1. The van der Waals surface area contributed by atoms with Crippen LogP contribution < -0.4 is 5.32 Å². The Morgan fingerprint density at radius 2 is 2.00 bits per heavy atom. The average Bonchev–Trinajstić information content (AvgIpc) is 3.21. The van der Waals surface area contributed by atoms with E-state index in [0.717, 1.165) is 36.9 Å². The zero-order valence-electron chi connectivity index (χ0n) is 12.8. The molecule has 1 saturated heterocycles. The van der Waals surface area contributed by atoms with Crippen LogP contribution >= 0.6 is 0 Å². The molecular formula is C17H24N2O2. The minimum absolute atomic E-state index is 0.207. The van der Waals surface area contributed by atoms with Gasteiger partial charge in [0.25, 0.3) is 0 Å². The molecule has 3 heterocycles. The lowest BCUT2D eigenvalue weighted by molar-refractivity contribution is 0.203. The lowest BCUT2D eigenvalue weighted by Gasteiger charge is -2.27. The van der Waals surface area contributed by atoms with E-state index in [4.69, 9.17) is 8.83 Å². The van der Waals surface area contributed by atoms with E-state index in [9.17, 15) is 0 Å². The van der Waals surface area contributed by atoms with Gasteiger partial charge in [-0.15, -0.1) is 0 Å². The fourth-order valence-corrected chi connectivity index (χ4v) is 3.02. The van der Waals surface area contributed by atoms with E-state index in [2.05, 4.69) is 23.2 Å². The Bertz CT molecular complexity index is 541. The largest absolute Gasteiger partial charge is 0.468 e. The van der Waals surface area contributed by atoms with Crippen LogP contribution in [0.15, 0.2) is 39.4 Å². The molecule has 0 aliphatic carbocycles. The van der Waals surface area contributed by atoms with Gasteiger partial charge in [0.2, 0.25) is 0 Å². The predicted molar refractivity (Wildman–Crippen MR) is 82.1 cm³/mol. The summed E-state index contributed by atoms with van der Waals surface area (Å²) in [6.45, 7) is 7.30. The molecule has 0 spiro atoms. The first-order chi connectivity index (χ1) is 10.2. The summed E-state index contributed by atoms with van der Waals surface area (Å²) in [5.41, 5.74) is 0. The molecule has 2 aromatic rings. The standard InChI is InChI=1S/C17H24N2O2/c1-13-7-8-16(21-13)14(2)18-12-15(17-6-5-11-20-17)19-9-3-4-10-19/h5-8,11,14-15,18H,3-4,9-10,12H2,1-2H3. The van der Waals surface area contributed by atoms with Crippen molar-refractivity contribution in [2.24, 2.45) is 0 Å². The molecule has 21 heavy (non-hydrogen) atoms. The van der Waals surface area contributed by atoms with Gasteiger partial charge in [0.1, 0.15) is 17.3 Å². The van der Waals surface area contributed by atoms with E-state index in [1.54, 1.807) is 6.26 Å². The number of hydrogen-bond donors (Lipinski definition) is 1. The number of aryl methyl sites for hydroxylation is 1. The third-order valence-corrected chi connectivity index (χ3v) is 4.26. The Morgan fingerprint density at radius 1 is 1.19 bits per heavy atom. The third-order valence-electron chi connectivity index (χ3n) is 4.26. The highest BCUT2D eigenvalue weighted by atomic mass is 16.3. The summed E-state index contributed by atoms with van der Waals surface area (Å²) in [6, 6.07) is 8.62. The van der Waals surface area contributed by atoms with E-state index < -0.39 is 0 Å². The summed E-state index contributed by atoms with van der Waals surface area (Å²) in [6.07, 6.45) is 4.33. The zero-order chi connectivity index (χ0) is 14.7. The van der Waals surface area contributed by atoms with Crippen molar-refractivity contribution in [2.75, 3.05) is 19.6 Å². The van der Waals surface area contributed by atoms with Crippen LogP contribution in [0.2, 0.25) is 0 Å². The second kappa shape index (κ2) is 6.50. The molecule has 2 atom stereocenters. The van der Waals surface area contributed by atoms with E-state index in [1.807, 2.05) is 25.1 Å². The summed E-state index contributed by atoms with van der Waals surface area (Å²) in [5.74, 6) is 3.00. The van der Waals surface area contributed by atoms with Gasteiger partial charge in [-0.2, -0.15) is 0 Å². The predicted octanol–water partition coefficient (Wildman–Crippen LogP) is 3.67. The van der Waals surface area contributed by atoms with E-state index >= 15 is 0 Å². The molecule has 0 bridgehead atoms. The number of likely N-dealkylation sites (tertiary alicyclic amines) is 1. The maximum atomic E-state index is 5.69. The third kappa shape index (κ3) is 3.39. The first kappa shape index (κ1) is 14.4. The highest BCUT2D eigenvalue weighted by Crippen LogP contribution is 2.26. The molecule has 1 N–H and O–H groups in total. The van der Waals surface area contributed by atoms with Crippen LogP contribution in [0.25, 0.3) is 0 Å². The van der Waals surface area contributed by atoms with Gasteiger partial charge in [0.05, 0.1) is 18.3 Å². The number of furan rings is 2. The molecule has 0 amide bonds. The second-order valence-electron chi connectivity index (χ2n) is 5.85. The van der Waals surface area contributed by atoms with E-state index in [1.165, 1.54) is 12.8 Å². The van der Waals surface area contributed by atoms with Crippen molar-refractivity contribution in [3.63, 3.8) is 0 Å². The SMILES string of the molecule is Cc1ccc(C(C)NCC(c2ccco2)N2CCCC2)o1. The summed E-state index contributed by atoms with van der Waals surface area (Å²) < 4.78 is 11.3. The van der Waals surface area contributed by atoms with Gasteiger partial charge in [0.15, 0.2) is 0 Å². The maximum Gasteiger partial charge on any atom is 0.122 e. The normalized spacial score (nSPS) is 19.0. The second-order valence-corrected chi connectivity index (χ2v) is 5.85. The minimum atomic E-state index is 0.207. The van der Waals surface area contributed by atoms with Gasteiger partial charge in [-0.1, -0.05) is 0 Å². The molecular weight excluding hydrogens is 264 g/mol. The van der Waals surface area contributed by atoms with Crippen molar-refractivity contribution in [3.8, 4) is 0 Å². The first-order valence-corrected chi connectivity index (χ1v) is 7.81. The molecule has 0 aromatic carbocycles. The van der Waals surface area contributed by atoms with Crippen LogP contribution in [0.5, 0.6) is 0 Å². The van der Waals surface area contributed by atoms with Gasteiger partial charge in [-0.05, 0) is 64.0 Å². The summed E-state index contributed by atoms with van der Waals surface area (Å²) in [7, 11) is 0. The smallest absolute Gasteiger partial charge is 0.122 e. The Morgan fingerprint density at radius 3 is 2.62 bits per heavy atom. The molecule has 0 radical (unpaired) electrons. The molecule has 114 valence electrons.